The Morgan fingerprint density at radius 2 is 1.41 bits per heavy atom. The number of hydrogen-bond acceptors (Lipinski definition) is 4. The van der Waals surface area contributed by atoms with E-state index in [9.17, 15) is 10.1 Å². The first-order chi connectivity index (χ1) is 13.2. The van der Waals surface area contributed by atoms with E-state index in [1.54, 1.807) is 12.1 Å². The minimum atomic E-state index is -0.396. The average molecular weight is 361 g/mol. The summed E-state index contributed by atoms with van der Waals surface area (Å²) in [5.41, 5.74) is 4.17. The van der Waals surface area contributed by atoms with Crippen LogP contribution in [-0.2, 0) is 0 Å². The summed E-state index contributed by atoms with van der Waals surface area (Å²) in [6.07, 6.45) is 2.26. The molecule has 138 valence electrons. The second-order valence-corrected chi connectivity index (χ2v) is 6.32. The van der Waals surface area contributed by atoms with E-state index in [4.69, 9.17) is 0 Å². The van der Waals surface area contributed by atoms with Crippen molar-refractivity contribution in [3.05, 3.63) is 89.0 Å². The average Bonchev–Trinajstić information content (AvgIpc) is 2.71. The lowest BCUT2D eigenvalue weighted by molar-refractivity contribution is -0.384. The van der Waals surface area contributed by atoms with Crippen molar-refractivity contribution in [2.45, 2.75) is 19.8 Å². The molecule has 5 heteroatoms. The first kappa shape index (κ1) is 18.5. The third-order valence-electron chi connectivity index (χ3n) is 4.35. The highest BCUT2D eigenvalue weighted by Crippen LogP contribution is 2.28. The van der Waals surface area contributed by atoms with Crippen LogP contribution in [0.2, 0.25) is 0 Å². The van der Waals surface area contributed by atoms with Gasteiger partial charge in [0, 0.05) is 41.4 Å². The molecule has 0 spiro atoms. The Hall–Kier alpha value is -3.34. The molecule has 0 saturated heterocycles. The number of non-ortho nitro benzene ring substituents is 1. The minimum absolute atomic E-state index is 0.0883. The van der Waals surface area contributed by atoms with Crippen LogP contribution in [0.1, 0.15) is 19.8 Å². The Bertz CT molecular complexity index is 862. The second-order valence-electron chi connectivity index (χ2n) is 6.32. The maximum Gasteiger partial charge on any atom is 0.269 e. The van der Waals surface area contributed by atoms with Crippen LogP contribution in [0.3, 0.4) is 0 Å². The predicted molar refractivity (Wildman–Crippen MR) is 111 cm³/mol. The van der Waals surface area contributed by atoms with Gasteiger partial charge in [0.05, 0.1) is 4.92 Å². The molecule has 0 fully saturated rings. The summed E-state index contributed by atoms with van der Waals surface area (Å²) in [4.78, 5) is 12.7. The van der Waals surface area contributed by atoms with E-state index in [0.29, 0.717) is 0 Å². The Kier molecular flexibility index (Phi) is 6.05. The van der Waals surface area contributed by atoms with Gasteiger partial charge >= 0.3 is 0 Å². The van der Waals surface area contributed by atoms with Gasteiger partial charge in [-0.25, -0.2) is 0 Å². The summed E-state index contributed by atoms with van der Waals surface area (Å²) in [5, 5.41) is 14.0. The number of anilines is 4. The number of unbranched alkanes of at least 4 members (excludes halogenated alkanes) is 1. The van der Waals surface area contributed by atoms with Crippen molar-refractivity contribution >= 4 is 28.4 Å². The molecule has 0 radical (unpaired) electrons. The predicted octanol–water partition coefficient (Wildman–Crippen LogP) is 6.28. The number of nitrogens with one attached hydrogen (secondary N) is 1. The molecule has 27 heavy (non-hydrogen) atoms. The third kappa shape index (κ3) is 4.85. The lowest BCUT2D eigenvalue weighted by Gasteiger charge is -2.25. The maximum absolute atomic E-state index is 10.7. The zero-order chi connectivity index (χ0) is 19.1. The lowest BCUT2D eigenvalue weighted by Crippen LogP contribution is -2.18. The summed E-state index contributed by atoms with van der Waals surface area (Å²) < 4.78 is 0. The molecule has 5 nitrogen and oxygen atoms in total. The molecule has 3 aromatic rings. The summed E-state index contributed by atoms with van der Waals surface area (Å²) in [7, 11) is 0. The van der Waals surface area contributed by atoms with Gasteiger partial charge in [0.1, 0.15) is 0 Å². The topological polar surface area (TPSA) is 58.4 Å². The fourth-order valence-corrected chi connectivity index (χ4v) is 2.89. The van der Waals surface area contributed by atoms with Crippen LogP contribution >= 0.6 is 0 Å². The van der Waals surface area contributed by atoms with Crippen molar-refractivity contribution in [3.63, 3.8) is 0 Å². The van der Waals surface area contributed by atoms with E-state index in [-0.39, 0.29) is 5.69 Å². The summed E-state index contributed by atoms with van der Waals surface area (Å²) in [6.45, 7) is 3.16. The second kappa shape index (κ2) is 8.85. The van der Waals surface area contributed by atoms with Crippen LogP contribution in [0.15, 0.2) is 78.9 Å². The van der Waals surface area contributed by atoms with E-state index in [0.717, 1.165) is 36.4 Å². The molecular formula is C22H23N3O2. The molecule has 3 rings (SSSR count). The van der Waals surface area contributed by atoms with Crippen molar-refractivity contribution in [1.82, 2.24) is 0 Å². The van der Waals surface area contributed by atoms with Crippen LogP contribution in [-0.4, -0.2) is 11.5 Å². The fourth-order valence-electron chi connectivity index (χ4n) is 2.89. The molecule has 0 saturated carbocycles. The van der Waals surface area contributed by atoms with Gasteiger partial charge in [0.2, 0.25) is 0 Å². The Morgan fingerprint density at radius 1 is 0.852 bits per heavy atom. The Labute approximate surface area is 159 Å². The van der Waals surface area contributed by atoms with E-state index < -0.39 is 4.92 Å². The Balaban J connectivity index is 1.75. The molecule has 0 atom stereocenters. The number of nitro benzene ring substituents is 1. The first-order valence-corrected chi connectivity index (χ1v) is 9.11. The molecule has 0 aliphatic heterocycles. The third-order valence-corrected chi connectivity index (χ3v) is 4.35. The van der Waals surface area contributed by atoms with Crippen LogP contribution in [0.5, 0.6) is 0 Å². The normalized spacial score (nSPS) is 10.4. The van der Waals surface area contributed by atoms with Crippen molar-refractivity contribution in [2.75, 3.05) is 16.8 Å². The molecule has 3 aromatic carbocycles. The zero-order valence-electron chi connectivity index (χ0n) is 15.3. The molecule has 0 aliphatic carbocycles. The molecule has 0 aromatic heterocycles. The van der Waals surface area contributed by atoms with Gasteiger partial charge in [-0.15, -0.1) is 0 Å². The van der Waals surface area contributed by atoms with Gasteiger partial charge in [-0.3, -0.25) is 10.1 Å². The first-order valence-electron chi connectivity index (χ1n) is 9.11. The number of rotatable bonds is 8. The highest BCUT2D eigenvalue weighted by molar-refractivity contribution is 5.68. The number of para-hydroxylation sites is 1. The lowest BCUT2D eigenvalue weighted by atomic mass is 10.2. The molecule has 0 heterocycles. The van der Waals surface area contributed by atoms with E-state index >= 15 is 0 Å². The fraction of sp³-hybridized carbons (Fsp3) is 0.182. The monoisotopic (exact) mass is 361 g/mol. The highest BCUT2D eigenvalue weighted by atomic mass is 16.6. The SMILES string of the molecule is CCCCN(c1ccccc1)c1ccc(Nc2ccc([N+](=O)[O-])cc2)cc1. The summed E-state index contributed by atoms with van der Waals surface area (Å²) in [6, 6.07) is 25.0. The quantitative estimate of drug-likeness (QED) is 0.379. The van der Waals surface area contributed by atoms with Crippen molar-refractivity contribution in [3.8, 4) is 0 Å². The van der Waals surface area contributed by atoms with Crippen LogP contribution in [0.25, 0.3) is 0 Å². The summed E-state index contributed by atoms with van der Waals surface area (Å²) >= 11 is 0. The van der Waals surface area contributed by atoms with E-state index in [1.165, 1.54) is 17.8 Å². The van der Waals surface area contributed by atoms with Crippen LogP contribution < -0.4 is 10.2 Å². The van der Waals surface area contributed by atoms with Gasteiger partial charge < -0.3 is 10.2 Å². The van der Waals surface area contributed by atoms with Crippen molar-refractivity contribution in [2.24, 2.45) is 0 Å². The van der Waals surface area contributed by atoms with Crippen LogP contribution in [0.4, 0.5) is 28.4 Å². The number of benzene rings is 3. The number of nitro groups is 1. The van der Waals surface area contributed by atoms with Gasteiger partial charge in [0.25, 0.3) is 5.69 Å². The number of hydrogen-bond donors (Lipinski definition) is 1. The largest absolute Gasteiger partial charge is 0.356 e. The van der Waals surface area contributed by atoms with Gasteiger partial charge in [-0.05, 0) is 55.0 Å². The highest BCUT2D eigenvalue weighted by Gasteiger charge is 2.09. The standard InChI is InChI=1S/C22H23N3O2/c1-2-3-17-24(20-7-5-4-6-8-20)21-13-9-18(10-14-21)23-19-11-15-22(16-12-19)25(26)27/h4-16,23H,2-3,17H2,1H3. The molecule has 1 N–H and O–H groups in total. The van der Waals surface area contributed by atoms with Gasteiger partial charge in [-0.2, -0.15) is 0 Å². The molecule has 0 aliphatic rings. The molecule has 0 amide bonds. The molecular weight excluding hydrogens is 338 g/mol. The van der Waals surface area contributed by atoms with Gasteiger partial charge in [0.15, 0.2) is 0 Å². The zero-order valence-corrected chi connectivity index (χ0v) is 15.3. The molecule has 0 unspecified atom stereocenters. The Morgan fingerprint density at radius 3 is 1.96 bits per heavy atom. The van der Waals surface area contributed by atoms with Crippen molar-refractivity contribution < 1.29 is 4.92 Å². The maximum atomic E-state index is 10.7. The number of nitrogens with zero attached hydrogens (tertiary/aromatic N) is 2. The van der Waals surface area contributed by atoms with Crippen LogP contribution in [0, 0.1) is 10.1 Å². The summed E-state index contributed by atoms with van der Waals surface area (Å²) in [5.74, 6) is 0. The smallest absolute Gasteiger partial charge is 0.269 e. The minimum Gasteiger partial charge on any atom is -0.356 e. The van der Waals surface area contributed by atoms with E-state index in [1.807, 2.05) is 18.2 Å². The van der Waals surface area contributed by atoms with Crippen molar-refractivity contribution in [1.29, 1.82) is 0 Å². The molecule has 0 bridgehead atoms. The van der Waals surface area contributed by atoms with Gasteiger partial charge in [-0.1, -0.05) is 31.5 Å². The van der Waals surface area contributed by atoms with E-state index in [2.05, 4.69) is 53.5 Å².